The Morgan fingerprint density at radius 1 is 1.08 bits per heavy atom. The van der Waals surface area contributed by atoms with Gasteiger partial charge in [0.15, 0.2) is 11.3 Å². The van der Waals surface area contributed by atoms with Gasteiger partial charge in [0.05, 0.1) is 0 Å². The van der Waals surface area contributed by atoms with Crippen LogP contribution in [0.3, 0.4) is 0 Å². The van der Waals surface area contributed by atoms with Crippen LogP contribution in [-0.2, 0) is 0 Å². The second-order valence-electron chi connectivity index (χ2n) is 2.50. The second-order valence-corrected chi connectivity index (χ2v) is 2.50. The molecule has 0 bridgehead atoms. The highest BCUT2D eigenvalue weighted by Gasteiger charge is 1.98. The van der Waals surface area contributed by atoms with Crippen molar-refractivity contribution in [2.24, 2.45) is 0 Å². The number of rotatable bonds is 0. The lowest BCUT2D eigenvalue weighted by Crippen LogP contribution is -1.96. The Morgan fingerprint density at radius 2 is 2.00 bits per heavy atom. The minimum Gasteiger partial charge on any atom is -0.236 e. The first-order valence-corrected chi connectivity index (χ1v) is 3.57. The third-order valence-corrected chi connectivity index (χ3v) is 1.82. The van der Waals surface area contributed by atoms with E-state index in [1.807, 2.05) is 27.4 Å². The van der Waals surface area contributed by atoms with Crippen molar-refractivity contribution in [2.75, 3.05) is 0 Å². The Labute approximate surface area is 67.3 Å². The molecule has 0 atom stereocenters. The van der Waals surface area contributed by atoms with Gasteiger partial charge in [0.25, 0.3) is 0 Å². The van der Waals surface area contributed by atoms with E-state index < -0.39 is 0 Å². The van der Waals surface area contributed by atoms with Crippen LogP contribution in [0.25, 0.3) is 11.3 Å². The zero-order chi connectivity index (χ0) is 7.97. The van der Waals surface area contributed by atoms with Gasteiger partial charge in [0.1, 0.15) is 6.33 Å². The first kappa shape index (κ1) is 5.70. The van der Waals surface area contributed by atoms with E-state index in [0.717, 1.165) is 11.3 Å². The highest BCUT2D eigenvalue weighted by molar-refractivity contribution is 5.45. The fraction of sp³-hybridized carbons (Fsp3) is 0. The Kier molecular flexibility index (Phi) is 0.864. The van der Waals surface area contributed by atoms with E-state index in [4.69, 9.17) is 0 Å². The minimum atomic E-state index is 0.820. The fourth-order valence-corrected chi connectivity index (χ4v) is 1.27. The molecule has 0 aliphatic carbocycles. The topological polar surface area (TPSA) is 47.5 Å². The lowest BCUT2D eigenvalue weighted by Gasteiger charge is -1.95. The molecule has 5 heteroatoms. The monoisotopic (exact) mass is 159 g/mol. The smallest absolute Gasteiger partial charge is 0.176 e. The summed E-state index contributed by atoms with van der Waals surface area (Å²) in [5.74, 6) is 0. The molecule has 0 radical (unpaired) electrons. The molecule has 0 N–H and O–H groups in total. The van der Waals surface area contributed by atoms with E-state index in [2.05, 4.69) is 15.2 Å². The molecule has 0 fully saturated rings. The van der Waals surface area contributed by atoms with Crippen LogP contribution in [0.5, 0.6) is 0 Å². The molecule has 5 nitrogen and oxygen atoms in total. The quantitative estimate of drug-likeness (QED) is 0.476. The summed E-state index contributed by atoms with van der Waals surface area (Å²) in [7, 11) is 0. The molecule has 3 aromatic heterocycles. The Hall–Kier alpha value is -1.91. The predicted octanol–water partition coefficient (Wildman–Crippen LogP) is 0.377. The SMILES string of the molecule is c1cn2c(ccc3nncn32)n1. The first-order valence-electron chi connectivity index (χ1n) is 3.57. The largest absolute Gasteiger partial charge is 0.236 e. The maximum atomic E-state index is 4.14. The van der Waals surface area contributed by atoms with Crippen LogP contribution in [-0.4, -0.2) is 24.2 Å². The first-order chi connectivity index (χ1) is 5.95. The molecule has 0 saturated heterocycles. The summed E-state index contributed by atoms with van der Waals surface area (Å²) in [5, 5.41) is 7.71. The highest BCUT2D eigenvalue weighted by atomic mass is 15.4. The molecular formula is C7H5N5. The average Bonchev–Trinajstić information content (AvgIpc) is 2.71. The maximum absolute atomic E-state index is 4.14. The van der Waals surface area contributed by atoms with Gasteiger partial charge in [0.2, 0.25) is 0 Å². The van der Waals surface area contributed by atoms with Gasteiger partial charge in [-0.3, -0.25) is 0 Å². The molecule has 58 valence electrons. The second kappa shape index (κ2) is 1.82. The zero-order valence-corrected chi connectivity index (χ0v) is 6.12. The van der Waals surface area contributed by atoms with Crippen molar-refractivity contribution in [3.05, 3.63) is 30.9 Å². The van der Waals surface area contributed by atoms with Gasteiger partial charge < -0.3 is 0 Å². The van der Waals surface area contributed by atoms with Crippen LogP contribution >= 0.6 is 0 Å². The summed E-state index contributed by atoms with van der Waals surface area (Å²) in [4.78, 5) is 4.14. The summed E-state index contributed by atoms with van der Waals surface area (Å²) in [6, 6.07) is 3.79. The van der Waals surface area contributed by atoms with Crippen molar-refractivity contribution < 1.29 is 0 Å². The molecule has 0 aliphatic rings. The van der Waals surface area contributed by atoms with Crippen molar-refractivity contribution in [3.8, 4) is 0 Å². The van der Waals surface area contributed by atoms with E-state index >= 15 is 0 Å². The number of fused-ring (bicyclic) bond motifs is 3. The molecule has 0 aromatic carbocycles. The van der Waals surface area contributed by atoms with Crippen LogP contribution in [0.4, 0.5) is 0 Å². The lowest BCUT2D eigenvalue weighted by molar-refractivity contribution is 0.848. The van der Waals surface area contributed by atoms with Crippen molar-refractivity contribution in [1.82, 2.24) is 24.2 Å². The maximum Gasteiger partial charge on any atom is 0.176 e. The van der Waals surface area contributed by atoms with Gasteiger partial charge in [-0.05, 0) is 12.1 Å². The summed E-state index contributed by atoms with van der Waals surface area (Å²) in [5.41, 5.74) is 1.71. The van der Waals surface area contributed by atoms with E-state index in [1.165, 1.54) is 0 Å². The van der Waals surface area contributed by atoms with Gasteiger partial charge in [-0.15, -0.1) is 10.2 Å². The Morgan fingerprint density at radius 3 is 3.00 bits per heavy atom. The standard InChI is InChI=1S/C7H5N5/c1-2-7-10-9-5-12(7)11-4-3-8-6(1)11/h1-5H. The molecule has 0 amide bonds. The molecule has 0 unspecified atom stereocenters. The molecule has 0 saturated carbocycles. The Balaban J connectivity index is 2.71. The van der Waals surface area contributed by atoms with Crippen LogP contribution in [0.2, 0.25) is 0 Å². The number of hydrogen-bond donors (Lipinski definition) is 0. The molecular weight excluding hydrogens is 154 g/mol. The van der Waals surface area contributed by atoms with Crippen LogP contribution in [0, 0.1) is 0 Å². The summed E-state index contributed by atoms with van der Waals surface area (Å²) in [6.45, 7) is 0. The van der Waals surface area contributed by atoms with Crippen LogP contribution < -0.4 is 0 Å². The van der Waals surface area contributed by atoms with Gasteiger partial charge in [-0.2, -0.15) is 0 Å². The summed E-state index contributed by atoms with van der Waals surface area (Å²) < 4.78 is 3.72. The fourth-order valence-electron chi connectivity index (χ4n) is 1.27. The third kappa shape index (κ3) is 0.554. The van der Waals surface area contributed by atoms with Crippen molar-refractivity contribution in [2.45, 2.75) is 0 Å². The van der Waals surface area contributed by atoms with Gasteiger partial charge >= 0.3 is 0 Å². The third-order valence-electron chi connectivity index (χ3n) is 1.82. The molecule has 0 aliphatic heterocycles. The van der Waals surface area contributed by atoms with Gasteiger partial charge in [-0.25, -0.2) is 14.0 Å². The van der Waals surface area contributed by atoms with Gasteiger partial charge in [-0.1, -0.05) is 0 Å². The predicted molar refractivity (Wildman–Crippen MR) is 41.7 cm³/mol. The van der Waals surface area contributed by atoms with Crippen molar-refractivity contribution in [3.63, 3.8) is 0 Å². The molecule has 3 aromatic rings. The number of aromatic nitrogens is 5. The lowest BCUT2D eigenvalue weighted by atomic mass is 10.5. The number of nitrogens with zero attached hydrogens (tertiary/aromatic N) is 5. The van der Waals surface area contributed by atoms with Crippen molar-refractivity contribution >= 4 is 11.3 Å². The van der Waals surface area contributed by atoms with Crippen LogP contribution in [0.1, 0.15) is 0 Å². The van der Waals surface area contributed by atoms with Gasteiger partial charge in [0, 0.05) is 12.4 Å². The normalized spacial score (nSPS) is 11.3. The average molecular weight is 159 g/mol. The van der Waals surface area contributed by atoms with E-state index in [0.29, 0.717) is 0 Å². The number of imidazole rings is 1. The van der Waals surface area contributed by atoms with E-state index in [9.17, 15) is 0 Å². The number of hydrogen-bond acceptors (Lipinski definition) is 3. The molecule has 12 heavy (non-hydrogen) atoms. The summed E-state index contributed by atoms with van der Waals surface area (Å²) in [6.07, 6.45) is 5.27. The highest BCUT2D eigenvalue weighted by Crippen LogP contribution is 2.02. The van der Waals surface area contributed by atoms with E-state index in [1.54, 1.807) is 12.5 Å². The van der Waals surface area contributed by atoms with E-state index in [-0.39, 0.29) is 0 Å². The van der Waals surface area contributed by atoms with Crippen molar-refractivity contribution in [1.29, 1.82) is 0 Å². The minimum absolute atomic E-state index is 0.820. The molecule has 3 rings (SSSR count). The Bertz CT molecular complexity index is 485. The zero-order valence-electron chi connectivity index (χ0n) is 6.12. The molecule has 3 heterocycles. The summed E-state index contributed by atoms with van der Waals surface area (Å²) >= 11 is 0. The van der Waals surface area contributed by atoms with Crippen LogP contribution in [0.15, 0.2) is 30.9 Å². The molecule has 0 spiro atoms.